The third-order valence-electron chi connectivity index (χ3n) is 4.57. The molecule has 19 heavy (non-hydrogen) atoms. The third-order valence-corrected chi connectivity index (χ3v) is 4.57. The van der Waals surface area contributed by atoms with Gasteiger partial charge in [0.2, 0.25) is 0 Å². The van der Waals surface area contributed by atoms with Gasteiger partial charge in [-0.15, -0.1) is 0 Å². The minimum Gasteiger partial charge on any atom is -0.409 e. The van der Waals surface area contributed by atoms with Crippen LogP contribution in [0, 0.1) is 5.92 Å². The van der Waals surface area contributed by atoms with Crippen molar-refractivity contribution in [2.24, 2.45) is 16.8 Å². The average molecular weight is 270 g/mol. The van der Waals surface area contributed by atoms with Gasteiger partial charge in [-0.25, -0.2) is 0 Å². The molecule has 5 nitrogen and oxygen atoms in total. The second-order valence-electron chi connectivity index (χ2n) is 6.19. The molecular formula is C14H30N4O. The summed E-state index contributed by atoms with van der Waals surface area (Å²) < 4.78 is 0. The molecule has 3 atom stereocenters. The minimum absolute atomic E-state index is 0.0425. The molecule has 1 aliphatic rings. The van der Waals surface area contributed by atoms with Crippen molar-refractivity contribution in [3.63, 3.8) is 0 Å². The van der Waals surface area contributed by atoms with E-state index in [2.05, 4.69) is 36.4 Å². The second-order valence-corrected chi connectivity index (χ2v) is 6.19. The van der Waals surface area contributed by atoms with E-state index in [1.54, 1.807) is 0 Å². The van der Waals surface area contributed by atoms with E-state index < -0.39 is 0 Å². The number of hydrogen-bond donors (Lipinski definition) is 3. The van der Waals surface area contributed by atoms with E-state index in [1.165, 1.54) is 25.7 Å². The molecule has 0 aromatic carbocycles. The van der Waals surface area contributed by atoms with Crippen LogP contribution in [0.4, 0.5) is 0 Å². The van der Waals surface area contributed by atoms with Crippen molar-refractivity contribution in [1.29, 1.82) is 0 Å². The van der Waals surface area contributed by atoms with Gasteiger partial charge in [0.05, 0.1) is 6.04 Å². The maximum absolute atomic E-state index is 8.80. The summed E-state index contributed by atoms with van der Waals surface area (Å²) in [6.07, 6.45) is 5.85. The van der Waals surface area contributed by atoms with E-state index >= 15 is 0 Å². The lowest BCUT2D eigenvalue weighted by molar-refractivity contribution is 0.0739. The predicted molar refractivity (Wildman–Crippen MR) is 79.5 cm³/mol. The van der Waals surface area contributed by atoms with Gasteiger partial charge in [0.15, 0.2) is 5.84 Å². The van der Waals surface area contributed by atoms with Crippen LogP contribution in [-0.2, 0) is 0 Å². The highest BCUT2D eigenvalue weighted by Gasteiger charge is 2.37. The first kappa shape index (κ1) is 16.2. The smallest absolute Gasteiger partial charge is 0.156 e. The van der Waals surface area contributed by atoms with Crippen molar-refractivity contribution < 1.29 is 5.21 Å². The van der Waals surface area contributed by atoms with Crippen LogP contribution in [0.1, 0.15) is 46.0 Å². The van der Waals surface area contributed by atoms with Gasteiger partial charge in [0.1, 0.15) is 0 Å². The lowest BCUT2D eigenvalue weighted by Crippen LogP contribution is -2.57. The molecule has 0 aromatic rings. The molecule has 4 N–H and O–H groups in total. The molecular weight excluding hydrogens is 240 g/mol. The average Bonchev–Trinajstić information content (AvgIpc) is 2.38. The molecule has 1 aliphatic carbocycles. The van der Waals surface area contributed by atoms with E-state index in [-0.39, 0.29) is 17.4 Å². The number of nitrogens with two attached hydrogens (primary N) is 1. The lowest BCUT2D eigenvalue weighted by atomic mass is 9.75. The van der Waals surface area contributed by atoms with Gasteiger partial charge in [0, 0.05) is 12.1 Å². The van der Waals surface area contributed by atoms with Gasteiger partial charge in [-0.3, -0.25) is 0 Å². The Labute approximate surface area is 117 Å². The first-order chi connectivity index (χ1) is 8.95. The topological polar surface area (TPSA) is 73.9 Å². The van der Waals surface area contributed by atoms with Gasteiger partial charge >= 0.3 is 0 Å². The molecule has 1 fully saturated rings. The maximum atomic E-state index is 8.80. The van der Waals surface area contributed by atoms with Crippen LogP contribution in [0.15, 0.2) is 5.16 Å². The summed E-state index contributed by atoms with van der Waals surface area (Å²) in [6.45, 7) is 5.26. The van der Waals surface area contributed by atoms with E-state index in [9.17, 15) is 0 Å². The van der Waals surface area contributed by atoms with Gasteiger partial charge in [0.25, 0.3) is 0 Å². The number of rotatable bonds is 6. The van der Waals surface area contributed by atoms with E-state index in [4.69, 9.17) is 10.9 Å². The van der Waals surface area contributed by atoms with Crippen molar-refractivity contribution in [2.45, 2.75) is 57.5 Å². The zero-order valence-electron chi connectivity index (χ0n) is 12.8. The summed E-state index contributed by atoms with van der Waals surface area (Å²) >= 11 is 0. The van der Waals surface area contributed by atoms with Crippen LogP contribution in [0.2, 0.25) is 0 Å². The highest BCUT2D eigenvalue weighted by Crippen LogP contribution is 2.35. The fourth-order valence-electron chi connectivity index (χ4n) is 3.20. The number of hydrogen-bond acceptors (Lipinski definition) is 4. The molecule has 0 aromatic heterocycles. The molecule has 3 unspecified atom stereocenters. The van der Waals surface area contributed by atoms with Gasteiger partial charge in [-0.05, 0) is 39.3 Å². The predicted octanol–water partition coefficient (Wildman–Crippen LogP) is 1.61. The van der Waals surface area contributed by atoms with E-state index in [1.807, 2.05) is 6.92 Å². The highest BCUT2D eigenvalue weighted by molar-refractivity contribution is 5.85. The summed E-state index contributed by atoms with van der Waals surface area (Å²) in [5.41, 5.74) is 5.91. The number of oxime groups is 1. The SMILES string of the molecule is CCC(NCC1(N(C)C)CCCC(C)C1)C(N)=NO. The maximum Gasteiger partial charge on any atom is 0.156 e. The Morgan fingerprint density at radius 3 is 2.74 bits per heavy atom. The molecule has 0 aliphatic heterocycles. The third kappa shape index (κ3) is 4.08. The van der Waals surface area contributed by atoms with Gasteiger partial charge < -0.3 is 21.2 Å². The monoisotopic (exact) mass is 270 g/mol. The van der Waals surface area contributed by atoms with Crippen LogP contribution in [-0.4, -0.2) is 48.2 Å². The van der Waals surface area contributed by atoms with Crippen molar-refractivity contribution in [1.82, 2.24) is 10.2 Å². The molecule has 0 radical (unpaired) electrons. The van der Waals surface area contributed by atoms with Crippen LogP contribution < -0.4 is 11.1 Å². The van der Waals surface area contributed by atoms with Crippen LogP contribution in [0.25, 0.3) is 0 Å². The summed E-state index contributed by atoms with van der Waals surface area (Å²) in [5, 5.41) is 15.4. The minimum atomic E-state index is -0.0425. The van der Waals surface area contributed by atoms with E-state index in [0.717, 1.165) is 18.9 Å². The molecule has 1 rings (SSSR count). The van der Waals surface area contributed by atoms with Crippen LogP contribution in [0.3, 0.4) is 0 Å². The first-order valence-electron chi connectivity index (χ1n) is 7.33. The quantitative estimate of drug-likeness (QED) is 0.297. The Balaban J connectivity index is 2.69. The molecule has 0 saturated heterocycles. The molecule has 0 spiro atoms. The van der Waals surface area contributed by atoms with Gasteiger partial charge in [-0.2, -0.15) is 0 Å². The standard InChI is InChI=1S/C14H30N4O/c1-5-12(13(15)17-19)16-10-14(18(3)4)8-6-7-11(2)9-14/h11-12,16,19H,5-10H2,1-4H3,(H2,15,17). The Bertz CT molecular complexity index is 306. The van der Waals surface area contributed by atoms with Crippen LogP contribution in [0.5, 0.6) is 0 Å². The largest absolute Gasteiger partial charge is 0.409 e. The van der Waals surface area contributed by atoms with Crippen molar-refractivity contribution >= 4 is 5.84 Å². The summed E-state index contributed by atoms with van der Waals surface area (Å²) in [6, 6.07) is -0.0425. The Morgan fingerprint density at radius 2 is 2.26 bits per heavy atom. The van der Waals surface area contributed by atoms with Crippen molar-refractivity contribution in [3.8, 4) is 0 Å². The van der Waals surface area contributed by atoms with Crippen LogP contribution >= 0.6 is 0 Å². The first-order valence-corrected chi connectivity index (χ1v) is 7.33. The summed E-state index contributed by atoms with van der Waals surface area (Å²) in [7, 11) is 4.31. The highest BCUT2D eigenvalue weighted by atomic mass is 16.4. The zero-order valence-corrected chi connectivity index (χ0v) is 12.8. The van der Waals surface area contributed by atoms with Crippen molar-refractivity contribution in [2.75, 3.05) is 20.6 Å². The molecule has 1 saturated carbocycles. The molecule has 0 bridgehead atoms. The molecule has 0 heterocycles. The number of nitrogens with zero attached hydrogens (tertiary/aromatic N) is 2. The Morgan fingerprint density at radius 1 is 1.58 bits per heavy atom. The zero-order chi connectivity index (χ0) is 14.5. The number of amidine groups is 1. The lowest BCUT2D eigenvalue weighted by Gasteiger charge is -2.46. The number of likely N-dealkylation sites (N-methyl/N-ethyl adjacent to an activating group) is 1. The second kappa shape index (κ2) is 7.10. The van der Waals surface area contributed by atoms with Gasteiger partial charge in [-0.1, -0.05) is 31.8 Å². The normalized spacial score (nSPS) is 30.6. The summed E-state index contributed by atoms with van der Waals surface area (Å²) in [4.78, 5) is 2.34. The number of nitrogens with one attached hydrogen (secondary N) is 1. The summed E-state index contributed by atoms with van der Waals surface area (Å²) in [5.74, 6) is 1.04. The fourth-order valence-corrected chi connectivity index (χ4v) is 3.20. The molecule has 5 heteroatoms. The fraction of sp³-hybridized carbons (Fsp3) is 0.929. The Kier molecular flexibility index (Phi) is 6.07. The van der Waals surface area contributed by atoms with Crippen molar-refractivity contribution in [3.05, 3.63) is 0 Å². The van der Waals surface area contributed by atoms with E-state index in [0.29, 0.717) is 0 Å². The molecule has 112 valence electrons. The molecule has 0 amide bonds. The Hall–Kier alpha value is -0.810.